The number of hydrogen-bond donors (Lipinski definition) is 1. The summed E-state index contributed by atoms with van der Waals surface area (Å²) in [6.45, 7) is 5.19. The third-order valence-electron chi connectivity index (χ3n) is 4.26. The predicted molar refractivity (Wildman–Crippen MR) is 84.5 cm³/mol. The quantitative estimate of drug-likeness (QED) is 0.881. The number of nitrogens with one attached hydrogen (secondary N) is 1. The number of ether oxygens (including phenoxy) is 2. The van der Waals surface area contributed by atoms with E-state index in [-0.39, 0.29) is 18.1 Å². The molecular formula is C16H22N4O4. The van der Waals surface area contributed by atoms with E-state index in [2.05, 4.69) is 15.5 Å². The summed E-state index contributed by atoms with van der Waals surface area (Å²) in [5.41, 5.74) is 1.78. The van der Waals surface area contributed by atoms with E-state index in [1.807, 2.05) is 13.8 Å². The molecule has 0 spiro atoms. The summed E-state index contributed by atoms with van der Waals surface area (Å²) in [6, 6.07) is -0.219. The molecule has 1 saturated heterocycles. The maximum atomic E-state index is 12.4. The lowest BCUT2D eigenvalue weighted by Crippen LogP contribution is -2.51. The molecule has 0 bridgehead atoms. The first kappa shape index (κ1) is 16.7. The first-order chi connectivity index (χ1) is 11.6. The first-order valence-corrected chi connectivity index (χ1v) is 7.95. The smallest absolute Gasteiger partial charge is 0.287 e. The van der Waals surface area contributed by atoms with Gasteiger partial charge in [0.05, 0.1) is 31.1 Å². The van der Waals surface area contributed by atoms with Crippen molar-refractivity contribution in [3.8, 4) is 0 Å². The number of amides is 1. The van der Waals surface area contributed by atoms with Crippen molar-refractivity contribution in [2.75, 3.05) is 13.2 Å². The fourth-order valence-corrected chi connectivity index (χ4v) is 2.77. The van der Waals surface area contributed by atoms with E-state index < -0.39 is 0 Å². The van der Waals surface area contributed by atoms with Gasteiger partial charge in [-0.25, -0.2) is 4.98 Å². The summed E-state index contributed by atoms with van der Waals surface area (Å²) in [6.07, 6.45) is 3.92. The highest BCUT2D eigenvalue weighted by Gasteiger charge is 2.29. The standard InChI is InChI=1S/C16H22N4O4/c1-10-12(11(2)24-19-10)8-23-14-4-7-22-9-13(14)18-16(21)15-17-5-6-20(15)3/h5-6,13-14H,4,7-9H2,1-3H3,(H,18,21)/t13-,14+/m1/s1. The molecule has 1 amide bonds. The van der Waals surface area contributed by atoms with Crippen LogP contribution in [0.1, 0.15) is 34.1 Å². The highest BCUT2D eigenvalue weighted by molar-refractivity contribution is 5.91. The average molecular weight is 334 g/mol. The third kappa shape index (κ3) is 3.49. The van der Waals surface area contributed by atoms with E-state index >= 15 is 0 Å². The second kappa shape index (κ2) is 7.14. The minimum Gasteiger partial charge on any atom is -0.379 e. The summed E-state index contributed by atoms with van der Waals surface area (Å²) >= 11 is 0. The zero-order valence-corrected chi connectivity index (χ0v) is 14.1. The average Bonchev–Trinajstić information content (AvgIpc) is 3.13. The van der Waals surface area contributed by atoms with E-state index in [0.717, 1.165) is 23.4 Å². The predicted octanol–water partition coefficient (Wildman–Crippen LogP) is 1.13. The Morgan fingerprint density at radius 2 is 2.33 bits per heavy atom. The zero-order valence-electron chi connectivity index (χ0n) is 14.1. The molecule has 8 heteroatoms. The van der Waals surface area contributed by atoms with Crippen molar-refractivity contribution in [1.82, 2.24) is 20.0 Å². The fraction of sp³-hybridized carbons (Fsp3) is 0.562. The van der Waals surface area contributed by atoms with Gasteiger partial charge in [-0.05, 0) is 20.3 Å². The van der Waals surface area contributed by atoms with E-state index in [1.165, 1.54) is 0 Å². The van der Waals surface area contributed by atoms with Crippen molar-refractivity contribution in [3.63, 3.8) is 0 Å². The second-order valence-electron chi connectivity index (χ2n) is 5.96. The molecule has 8 nitrogen and oxygen atoms in total. The molecule has 1 fully saturated rings. The molecule has 3 heterocycles. The van der Waals surface area contributed by atoms with Gasteiger partial charge in [-0.1, -0.05) is 5.16 Å². The minimum atomic E-state index is -0.232. The number of nitrogens with zero attached hydrogens (tertiary/aromatic N) is 3. The SMILES string of the molecule is Cc1noc(C)c1CO[C@H]1CCOC[C@H]1NC(=O)c1nccn1C. The van der Waals surface area contributed by atoms with Crippen LogP contribution in [0.15, 0.2) is 16.9 Å². The van der Waals surface area contributed by atoms with E-state index in [0.29, 0.717) is 25.6 Å². The molecule has 1 N–H and O–H groups in total. The molecule has 2 atom stereocenters. The summed E-state index contributed by atoms with van der Waals surface area (Å²) in [5, 5.41) is 6.89. The van der Waals surface area contributed by atoms with Crippen LogP contribution in [0.2, 0.25) is 0 Å². The Morgan fingerprint density at radius 1 is 1.50 bits per heavy atom. The van der Waals surface area contributed by atoms with Crippen LogP contribution in [-0.2, 0) is 23.1 Å². The molecule has 0 unspecified atom stereocenters. The molecule has 0 radical (unpaired) electrons. The summed E-state index contributed by atoms with van der Waals surface area (Å²) in [7, 11) is 1.78. The molecule has 0 aliphatic carbocycles. The van der Waals surface area contributed by atoms with E-state index in [1.54, 1.807) is 24.0 Å². The topological polar surface area (TPSA) is 91.4 Å². The van der Waals surface area contributed by atoms with Crippen LogP contribution < -0.4 is 5.32 Å². The van der Waals surface area contributed by atoms with Gasteiger partial charge in [0.1, 0.15) is 5.76 Å². The lowest BCUT2D eigenvalue weighted by molar-refractivity contribution is -0.0609. The number of rotatable bonds is 5. The second-order valence-corrected chi connectivity index (χ2v) is 5.96. The fourth-order valence-electron chi connectivity index (χ4n) is 2.77. The van der Waals surface area contributed by atoms with Gasteiger partial charge in [0.2, 0.25) is 0 Å². The monoisotopic (exact) mass is 334 g/mol. The summed E-state index contributed by atoms with van der Waals surface area (Å²) in [5.74, 6) is 0.891. The Balaban J connectivity index is 1.63. The molecule has 0 saturated carbocycles. The maximum absolute atomic E-state index is 12.4. The molecule has 24 heavy (non-hydrogen) atoms. The van der Waals surface area contributed by atoms with E-state index in [4.69, 9.17) is 14.0 Å². The van der Waals surface area contributed by atoms with Crippen LogP contribution in [-0.4, -0.2) is 46.0 Å². The number of carbonyl (C=O) groups is 1. The van der Waals surface area contributed by atoms with Crippen LogP contribution in [0.25, 0.3) is 0 Å². The Hall–Kier alpha value is -2.19. The molecule has 0 aromatic carbocycles. The Bertz CT molecular complexity index is 689. The van der Waals surface area contributed by atoms with Crippen molar-refractivity contribution >= 4 is 5.91 Å². The largest absolute Gasteiger partial charge is 0.379 e. The minimum absolute atomic E-state index is 0.128. The van der Waals surface area contributed by atoms with Crippen LogP contribution in [0.4, 0.5) is 0 Å². The number of carbonyl (C=O) groups excluding carboxylic acids is 1. The van der Waals surface area contributed by atoms with Gasteiger partial charge in [0, 0.05) is 31.6 Å². The van der Waals surface area contributed by atoms with Gasteiger partial charge in [0.25, 0.3) is 5.91 Å². The molecule has 2 aromatic rings. The summed E-state index contributed by atoms with van der Waals surface area (Å²) < 4.78 is 18.4. The Morgan fingerprint density at radius 3 is 3.00 bits per heavy atom. The first-order valence-electron chi connectivity index (χ1n) is 7.95. The number of imidazole rings is 1. The van der Waals surface area contributed by atoms with Gasteiger partial charge in [0.15, 0.2) is 5.82 Å². The van der Waals surface area contributed by atoms with Gasteiger partial charge in [-0.2, -0.15) is 0 Å². The molecule has 1 aliphatic heterocycles. The third-order valence-corrected chi connectivity index (χ3v) is 4.26. The lowest BCUT2D eigenvalue weighted by atomic mass is 10.1. The molecule has 1 aliphatic rings. The highest BCUT2D eigenvalue weighted by Crippen LogP contribution is 2.18. The Labute approximate surface area is 140 Å². The molecule has 3 rings (SSSR count). The number of hydrogen-bond acceptors (Lipinski definition) is 6. The number of aromatic nitrogens is 3. The van der Waals surface area contributed by atoms with Gasteiger partial charge >= 0.3 is 0 Å². The van der Waals surface area contributed by atoms with Crippen molar-refractivity contribution in [2.45, 2.75) is 39.0 Å². The lowest BCUT2D eigenvalue weighted by Gasteiger charge is -2.32. The van der Waals surface area contributed by atoms with Crippen molar-refractivity contribution in [2.24, 2.45) is 7.05 Å². The van der Waals surface area contributed by atoms with Crippen molar-refractivity contribution in [1.29, 1.82) is 0 Å². The van der Waals surface area contributed by atoms with Crippen LogP contribution in [0.5, 0.6) is 0 Å². The van der Waals surface area contributed by atoms with Crippen molar-refractivity contribution in [3.05, 3.63) is 35.2 Å². The van der Waals surface area contributed by atoms with Crippen LogP contribution in [0, 0.1) is 13.8 Å². The van der Waals surface area contributed by atoms with Crippen LogP contribution in [0.3, 0.4) is 0 Å². The van der Waals surface area contributed by atoms with E-state index in [9.17, 15) is 4.79 Å². The van der Waals surface area contributed by atoms with Crippen LogP contribution >= 0.6 is 0 Å². The van der Waals surface area contributed by atoms with Crippen molar-refractivity contribution < 1.29 is 18.8 Å². The van der Waals surface area contributed by atoms with Gasteiger partial charge < -0.3 is 23.9 Å². The normalized spacial score (nSPS) is 21.0. The summed E-state index contributed by atoms with van der Waals surface area (Å²) in [4.78, 5) is 16.4. The number of aryl methyl sites for hydroxylation is 3. The molecule has 130 valence electrons. The maximum Gasteiger partial charge on any atom is 0.287 e. The van der Waals surface area contributed by atoms with Gasteiger partial charge in [-0.3, -0.25) is 4.79 Å². The zero-order chi connectivity index (χ0) is 17.1. The molecule has 2 aromatic heterocycles. The highest BCUT2D eigenvalue weighted by atomic mass is 16.5. The van der Waals surface area contributed by atoms with Gasteiger partial charge in [-0.15, -0.1) is 0 Å². The molecular weight excluding hydrogens is 312 g/mol. The Kier molecular flexibility index (Phi) is 4.96.